The van der Waals surface area contributed by atoms with E-state index in [1.807, 2.05) is 0 Å². The summed E-state index contributed by atoms with van der Waals surface area (Å²) in [4.78, 5) is 18.6. The minimum Gasteiger partial charge on any atom is -0.497 e. The third-order valence-corrected chi connectivity index (χ3v) is 2.82. The first-order valence-corrected chi connectivity index (χ1v) is 6.03. The maximum absolute atomic E-state index is 11.1. The standard InChI is InChI=1S/C13H14N4O4/c1-7-12(14)15-8(2)16-13(7)21-11-6-9(20-3)4-5-10(11)17(18)19/h4-6H,1-3H3,(H2,14,15,16). The van der Waals surface area contributed by atoms with Crippen LogP contribution in [0, 0.1) is 24.0 Å². The number of aromatic nitrogens is 2. The fourth-order valence-electron chi connectivity index (χ4n) is 1.68. The third kappa shape index (κ3) is 2.99. The van der Waals surface area contributed by atoms with Crippen LogP contribution in [0.1, 0.15) is 11.4 Å². The van der Waals surface area contributed by atoms with Gasteiger partial charge in [0, 0.05) is 12.1 Å². The van der Waals surface area contributed by atoms with Crippen LogP contribution in [0.15, 0.2) is 18.2 Å². The lowest BCUT2D eigenvalue weighted by molar-refractivity contribution is -0.385. The number of nitrogens with two attached hydrogens (primary N) is 1. The third-order valence-electron chi connectivity index (χ3n) is 2.82. The molecule has 2 N–H and O–H groups in total. The fourth-order valence-corrected chi connectivity index (χ4v) is 1.68. The molecule has 0 aliphatic heterocycles. The minimum atomic E-state index is -0.540. The van der Waals surface area contributed by atoms with Crippen LogP contribution in [0.2, 0.25) is 0 Å². The summed E-state index contributed by atoms with van der Waals surface area (Å²) in [6.07, 6.45) is 0. The molecule has 8 nitrogen and oxygen atoms in total. The van der Waals surface area contributed by atoms with Gasteiger partial charge in [-0.05, 0) is 19.9 Å². The predicted molar refractivity (Wildman–Crippen MR) is 75.6 cm³/mol. The SMILES string of the molecule is COc1ccc([N+](=O)[O-])c(Oc2nc(C)nc(N)c2C)c1. The first kappa shape index (κ1) is 14.5. The number of benzene rings is 1. The number of aryl methyl sites for hydroxylation is 1. The molecule has 1 aromatic heterocycles. The largest absolute Gasteiger partial charge is 0.497 e. The Kier molecular flexibility index (Phi) is 3.88. The van der Waals surface area contributed by atoms with Gasteiger partial charge in [0.15, 0.2) is 0 Å². The summed E-state index contributed by atoms with van der Waals surface area (Å²) in [5.74, 6) is 1.32. The second-order valence-corrected chi connectivity index (χ2v) is 4.28. The molecule has 2 aromatic rings. The van der Waals surface area contributed by atoms with Crippen molar-refractivity contribution in [2.24, 2.45) is 0 Å². The van der Waals surface area contributed by atoms with Gasteiger partial charge in [-0.25, -0.2) is 4.98 Å². The second kappa shape index (κ2) is 5.61. The molecule has 0 aliphatic carbocycles. The number of nitro benzene ring substituents is 1. The van der Waals surface area contributed by atoms with Crippen LogP contribution >= 0.6 is 0 Å². The average Bonchev–Trinajstić information content (AvgIpc) is 2.43. The lowest BCUT2D eigenvalue weighted by atomic mass is 10.2. The zero-order valence-electron chi connectivity index (χ0n) is 11.8. The highest BCUT2D eigenvalue weighted by molar-refractivity contribution is 5.53. The van der Waals surface area contributed by atoms with Crippen molar-refractivity contribution in [3.63, 3.8) is 0 Å². The average molecular weight is 290 g/mol. The fraction of sp³-hybridized carbons (Fsp3) is 0.231. The van der Waals surface area contributed by atoms with Crippen molar-refractivity contribution in [3.8, 4) is 17.4 Å². The molecule has 0 bridgehead atoms. The molecule has 0 atom stereocenters. The molecule has 0 unspecified atom stereocenters. The summed E-state index contributed by atoms with van der Waals surface area (Å²) >= 11 is 0. The molecule has 1 heterocycles. The van der Waals surface area contributed by atoms with Gasteiger partial charge in [-0.2, -0.15) is 4.98 Å². The number of nitro groups is 1. The molecule has 2 rings (SSSR count). The molecule has 8 heteroatoms. The number of nitrogens with zero attached hydrogens (tertiary/aromatic N) is 3. The van der Waals surface area contributed by atoms with Crippen molar-refractivity contribution in [1.29, 1.82) is 0 Å². The summed E-state index contributed by atoms with van der Waals surface area (Å²) in [5, 5.41) is 11.1. The summed E-state index contributed by atoms with van der Waals surface area (Å²) in [6.45, 7) is 3.33. The van der Waals surface area contributed by atoms with E-state index in [1.165, 1.54) is 25.3 Å². The van der Waals surface area contributed by atoms with Crippen molar-refractivity contribution in [2.75, 3.05) is 12.8 Å². The first-order valence-electron chi connectivity index (χ1n) is 6.03. The van der Waals surface area contributed by atoms with Gasteiger partial charge in [0.2, 0.25) is 11.6 Å². The minimum absolute atomic E-state index is 0.0277. The van der Waals surface area contributed by atoms with Crippen molar-refractivity contribution >= 4 is 11.5 Å². The van der Waals surface area contributed by atoms with Crippen LogP contribution in [0.5, 0.6) is 17.4 Å². The lowest BCUT2D eigenvalue weighted by Gasteiger charge is -2.10. The van der Waals surface area contributed by atoms with Crippen LogP contribution in [0.3, 0.4) is 0 Å². The highest BCUT2D eigenvalue weighted by Gasteiger charge is 2.19. The van der Waals surface area contributed by atoms with Crippen LogP contribution in [-0.2, 0) is 0 Å². The van der Waals surface area contributed by atoms with E-state index in [9.17, 15) is 10.1 Å². The van der Waals surface area contributed by atoms with Gasteiger partial charge in [-0.15, -0.1) is 0 Å². The van der Waals surface area contributed by atoms with E-state index >= 15 is 0 Å². The highest BCUT2D eigenvalue weighted by atomic mass is 16.6. The smallest absolute Gasteiger partial charge is 0.311 e. The summed E-state index contributed by atoms with van der Waals surface area (Å²) in [6, 6.07) is 4.21. The molecule has 0 saturated carbocycles. The van der Waals surface area contributed by atoms with Gasteiger partial charge in [-0.3, -0.25) is 10.1 Å². The number of anilines is 1. The number of methoxy groups -OCH3 is 1. The van der Waals surface area contributed by atoms with Crippen molar-refractivity contribution in [2.45, 2.75) is 13.8 Å². The Balaban J connectivity index is 2.50. The molecule has 110 valence electrons. The van der Waals surface area contributed by atoms with Crippen LogP contribution in [-0.4, -0.2) is 22.0 Å². The van der Waals surface area contributed by atoms with E-state index in [0.717, 1.165) is 0 Å². The first-order chi connectivity index (χ1) is 9.92. The number of hydrogen-bond donors (Lipinski definition) is 1. The number of ether oxygens (including phenoxy) is 2. The van der Waals surface area contributed by atoms with E-state index < -0.39 is 4.92 Å². The number of rotatable bonds is 4. The quantitative estimate of drug-likeness (QED) is 0.679. The van der Waals surface area contributed by atoms with Gasteiger partial charge in [-0.1, -0.05) is 0 Å². The van der Waals surface area contributed by atoms with E-state index in [2.05, 4.69) is 9.97 Å². The maximum atomic E-state index is 11.1. The Bertz CT molecular complexity index is 703. The van der Waals surface area contributed by atoms with Crippen molar-refractivity contribution in [3.05, 3.63) is 39.7 Å². The Morgan fingerprint density at radius 1 is 1.29 bits per heavy atom. The van der Waals surface area contributed by atoms with Crippen molar-refractivity contribution in [1.82, 2.24) is 9.97 Å². The van der Waals surface area contributed by atoms with Crippen LogP contribution in [0.4, 0.5) is 11.5 Å². The van der Waals surface area contributed by atoms with E-state index in [0.29, 0.717) is 17.1 Å². The molecular formula is C13H14N4O4. The normalized spacial score (nSPS) is 10.2. The summed E-state index contributed by atoms with van der Waals surface area (Å²) in [5.41, 5.74) is 6.06. The Hall–Kier alpha value is -2.90. The molecule has 0 radical (unpaired) electrons. The molecule has 0 amide bonds. The Labute approximate surface area is 120 Å². The molecule has 0 saturated heterocycles. The summed E-state index contributed by atoms with van der Waals surface area (Å²) < 4.78 is 10.6. The lowest BCUT2D eigenvalue weighted by Crippen LogP contribution is -2.03. The van der Waals surface area contributed by atoms with Gasteiger partial charge in [0.25, 0.3) is 0 Å². The van der Waals surface area contributed by atoms with Gasteiger partial charge < -0.3 is 15.2 Å². The number of nitrogen functional groups attached to an aromatic ring is 1. The van der Waals surface area contributed by atoms with E-state index in [-0.39, 0.29) is 23.1 Å². The topological polar surface area (TPSA) is 113 Å². The zero-order valence-corrected chi connectivity index (χ0v) is 11.8. The van der Waals surface area contributed by atoms with E-state index in [1.54, 1.807) is 13.8 Å². The van der Waals surface area contributed by atoms with Gasteiger partial charge in [0.05, 0.1) is 17.6 Å². The Morgan fingerprint density at radius 2 is 2.00 bits per heavy atom. The second-order valence-electron chi connectivity index (χ2n) is 4.28. The maximum Gasteiger partial charge on any atom is 0.311 e. The molecular weight excluding hydrogens is 276 g/mol. The van der Waals surface area contributed by atoms with Gasteiger partial charge >= 0.3 is 5.69 Å². The molecule has 21 heavy (non-hydrogen) atoms. The summed E-state index contributed by atoms with van der Waals surface area (Å²) in [7, 11) is 1.46. The van der Waals surface area contributed by atoms with Crippen LogP contribution in [0.25, 0.3) is 0 Å². The molecule has 0 spiro atoms. The van der Waals surface area contributed by atoms with Crippen LogP contribution < -0.4 is 15.2 Å². The monoisotopic (exact) mass is 290 g/mol. The molecule has 1 aromatic carbocycles. The van der Waals surface area contributed by atoms with Gasteiger partial charge in [0.1, 0.15) is 17.4 Å². The molecule has 0 aliphatic rings. The highest BCUT2D eigenvalue weighted by Crippen LogP contribution is 2.35. The Morgan fingerprint density at radius 3 is 2.62 bits per heavy atom. The molecule has 0 fully saturated rings. The van der Waals surface area contributed by atoms with Crippen molar-refractivity contribution < 1.29 is 14.4 Å². The zero-order chi connectivity index (χ0) is 15.6. The predicted octanol–water partition coefficient (Wildman–Crippen LogP) is 2.38. The number of hydrogen-bond acceptors (Lipinski definition) is 7. The van der Waals surface area contributed by atoms with E-state index in [4.69, 9.17) is 15.2 Å².